The summed E-state index contributed by atoms with van der Waals surface area (Å²) in [5.41, 5.74) is 0. The molecule has 1 unspecified atom stereocenters. The maximum atomic E-state index is 9.52. The van der Waals surface area contributed by atoms with E-state index in [9.17, 15) is 4.79 Å². The molecular weight excluding hydrogens is 139 g/mol. The van der Waals surface area contributed by atoms with E-state index in [2.05, 4.69) is 0 Å². The first-order valence-electron chi connectivity index (χ1n) is 1.70. The number of aliphatic hydroxyl groups is 2. The number of carboxylic acid groups (broad SMARTS) is 1. The molecule has 0 aliphatic carbocycles. The van der Waals surface area contributed by atoms with E-state index in [-0.39, 0.29) is 51.4 Å². The van der Waals surface area contributed by atoms with Crippen LogP contribution in [0.1, 0.15) is 0 Å². The Morgan fingerprint density at radius 2 is 2.00 bits per heavy atom. The van der Waals surface area contributed by atoms with Crippen LogP contribution < -0.4 is 0 Å². The zero-order chi connectivity index (χ0) is 5.86. The molecular formula is C3H7KO4. The van der Waals surface area contributed by atoms with Crippen LogP contribution in [-0.4, -0.2) is 85.4 Å². The van der Waals surface area contributed by atoms with Crippen LogP contribution >= 0.6 is 0 Å². The van der Waals surface area contributed by atoms with Crippen LogP contribution in [0, 0.1) is 0 Å². The predicted molar refractivity (Wildman–Crippen MR) is 27.9 cm³/mol. The van der Waals surface area contributed by atoms with E-state index in [1.165, 1.54) is 0 Å². The summed E-state index contributed by atoms with van der Waals surface area (Å²) in [5, 5.41) is 23.7. The van der Waals surface area contributed by atoms with Crippen molar-refractivity contribution >= 4 is 57.4 Å². The van der Waals surface area contributed by atoms with E-state index in [1.807, 2.05) is 0 Å². The Labute approximate surface area is 88.9 Å². The van der Waals surface area contributed by atoms with Crippen molar-refractivity contribution in [1.82, 2.24) is 0 Å². The molecule has 0 bridgehead atoms. The molecule has 8 heavy (non-hydrogen) atoms. The number of rotatable bonds is 2. The summed E-state index contributed by atoms with van der Waals surface area (Å²) in [5.74, 6) is -1.40. The molecule has 4 nitrogen and oxygen atoms in total. The molecule has 0 aromatic carbocycles. The molecule has 44 valence electrons. The molecule has 0 saturated carbocycles. The third-order valence-corrected chi connectivity index (χ3v) is 0.458. The van der Waals surface area contributed by atoms with Crippen LogP contribution in [0.3, 0.4) is 0 Å². The monoisotopic (exact) mass is 146 g/mol. The van der Waals surface area contributed by atoms with Gasteiger partial charge in [-0.05, 0) is 0 Å². The molecule has 1 atom stereocenters. The number of hydrogen-bond acceptors (Lipinski definition) is 3. The first-order chi connectivity index (χ1) is 3.18. The second kappa shape index (κ2) is 6.15. The van der Waals surface area contributed by atoms with Gasteiger partial charge in [0.1, 0.15) is 0 Å². The van der Waals surface area contributed by atoms with Crippen molar-refractivity contribution in [2.75, 3.05) is 6.61 Å². The Morgan fingerprint density at radius 3 is 2.00 bits per heavy atom. The summed E-state index contributed by atoms with van der Waals surface area (Å²) < 4.78 is 0. The van der Waals surface area contributed by atoms with E-state index < -0.39 is 18.7 Å². The topological polar surface area (TPSA) is 77.8 Å². The number of hydrogen-bond donors (Lipinski definition) is 3. The van der Waals surface area contributed by atoms with Gasteiger partial charge in [-0.1, -0.05) is 0 Å². The summed E-state index contributed by atoms with van der Waals surface area (Å²) in [6, 6.07) is 0. The Balaban J connectivity index is 0. The van der Waals surface area contributed by atoms with Crippen molar-refractivity contribution in [2.45, 2.75) is 6.10 Å². The SMILES string of the molecule is O=C(O)C(O)CO.[KH]. The van der Waals surface area contributed by atoms with Crippen LogP contribution in [0.15, 0.2) is 0 Å². The molecule has 0 aliphatic rings. The second-order valence-electron chi connectivity index (χ2n) is 1.04. The average Bonchev–Trinajstić information content (AvgIpc) is 1.65. The van der Waals surface area contributed by atoms with Gasteiger partial charge in [0.25, 0.3) is 0 Å². The molecule has 0 heterocycles. The zero-order valence-electron chi connectivity index (χ0n) is 3.53. The van der Waals surface area contributed by atoms with E-state index in [0.29, 0.717) is 0 Å². The molecule has 0 spiro atoms. The normalized spacial score (nSPS) is 11.8. The Bertz CT molecular complexity index is 73.7. The second-order valence-corrected chi connectivity index (χ2v) is 1.04. The fraction of sp³-hybridized carbons (Fsp3) is 0.667. The standard InChI is InChI=1S/C3H6O4.K.H/c4-1-2(5)3(6)7;;/h2,4-5H,1H2,(H,6,7);;. The predicted octanol–water partition coefficient (Wildman–Crippen LogP) is -2.22. The van der Waals surface area contributed by atoms with Gasteiger partial charge in [0.05, 0.1) is 6.61 Å². The first kappa shape index (κ1) is 11.8. The number of carboxylic acids is 1. The number of aliphatic carboxylic acids is 1. The van der Waals surface area contributed by atoms with E-state index in [0.717, 1.165) is 0 Å². The summed E-state index contributed by atoms with van der Waals surface area (Å²) in [6.07, 6.45) is -1.63. The molecule has 0 aromatic rings. The van der Waals surface area contributed by atoms with Crippen molar-refractivity contribution in [3.63, 3.8) is 0 Å². The minimum atomic E-state index is -1.63. The van der Waals surface area contributed by atoms with E-state index in [1.54, 1.807) is 0 Å². The van der Waals surface area contributed by atoms with Crippen LogP contribution in [-0.2, 0) is 4.79 Å². The Hall–Kier alpha value is 1.03. The van der Waals surface area contributed by atoms with Gasteiger partial charge in [0, 0.05) is 0 Å². The molecule has 0 radical (unpaired) electrons. The number of aliphatic hydroxyl groups excluding tert-OH is 2. The van der Waals surface area contributed by atoms with Gasteiger partial charge in [0.15, 0.2) is 6.10 Å². The molecule has 0 rings (SSSR count). The van der Waals surface area contributed by atoms with Gasteiger partial charge in [0.2, 0.25) is 0 Å². The van der Waals surface area contributed by atoms with Crippen LogP contribution in [0.5, 0.6) is 0 Å². The molecule has 0 aliphatic heterocycles. The zero-order valence-corrected chi connectivity index (χ0v) is 3.53. The van der Waals surface area contributed by atoms with Crippen molar-refractivity contribution < 1.29 is 20.1 Å². The van der Waals surface area contributed by atoms with E-state index >= 15 is 0 Å². The van der Waals surface area contributed by atoms with Crippen LogP contribution in [0.4, 0.5) is 0 Å². The van der Waals surface area contributed by atoms with Crippen molar-refractivity contribution in [3.05, 3.63) is 0 Å². The van der Waals surface area contributed by atoms with E-state index in [4.69, 9.17) is 15.3 Å². The fourth-order valence-corrected chi connectivity index (χ4v) is 0.0781. The summed E-state index contributed by atoms with van der Waals surface area (Å²) in [7, 11) is 0. The van der Waals surface area contributed by atoms with Crippen molar-refractivity contribution in [3.8, 4) is 0 Å². The van der Waals surface area contributed by atoms with Crippen molar-refractivity contribution in [2.24, 2.45) is 0 Å². The Kier molecular flexibility index (Phi) is 9.06. The van der Waals surface area contributed by atoms with Gasteiger partial charge in [-0.2, -0.15) is 0 Å². The number of carbonyl (C=O) groups is 1. The van der Waals surface area contributed by atoms with Crippen molar-refractivity contribution in [1.29, 1.82) is 0 Å². The molecule has 5 heteroatoms. The van der Waals surface area contributed by atoms with Gasteiger partial charge in [-0.15, -0.1) is 0 Å². The molecule has 3 N–H and O–H groups in total. The minimum absolute atomic E-state index is 0. The molecule has 0 saturated heterocycles. The first-order valence-corrected chi connectivity index (χ1v) is 1.70. The van der Waals surface area contributed by atoms with Gasteiger partial charge >= 0.3 is 57.4 Å². The fourth-order valence-electron chi connectivity index (χ4n) is 0.0781. The third-order valence-electron chi connectivity index (χ3n) is 0.458. The average molecular weight is 146 g/mol. The van der Waals surface area contributed by atoms with Crippen LogP contribution in [0.2, 0.25) is 0 Å². The quantitative estimate of drug-likeness (QED) is 0.385. The molecule has 0 aromatic heterocycles. The van der Waals surface area contributed by atoms with Gasteiger partial charge in [-0.3, -0.25) is 0 Å². The summed E-state index contributed by atoms with van der Waals surface area (Å²) >= 11 is 0. The summed E-state index contributed by atoms with van der Waals surface area (Å²) in [6.45, 7) is -0.727. The molecule has 0 amide bonds. The molecule has 0 fully saturated rings. The van der Waals surface area contributed by atoms with Gasteiger partial charge < -0.3 is 15.3 Å². The third kappa shape index (κ3) is 5.17. The maximum absolute atomic E-state index is 9.52. The summed E-state index contributed by atoms with van der Waals surface area (Å²) in [4.78, 5) is 9.52. The van der Waals surface area contributed by atoms with Gasteiger partial charge in [-0.25, -0.2) is 4.79 Å². The Morgan fingerprint density at radius 1 is 1.62 bits per heavy atom. The van der Waals surface area contributed by atoms with Crippen LogP contribution in [0.25, 0.3) is 0 Å².